The van der Waals surface area contributed by atoms with Gasteiger partial charge in [0, 0.05) is 13.8 Å². The van der Waals surface area contributed by atoms with E-state index in [-0.39, 0.29) is 6.61 Å². The molecule has 1 aliphatic rings. The quantitative estimate of drug-likeness (QED) is 0.293. The van der Waals surface area contributed by atoms with Gasteiger partial charge in [0.2, 0.25) is 6.29 Å². The van der Waals surface area contributed by atoms with E-state index in [0.29, 0.717) is 5.56 Å². The van der Waals surface area contributed by atoms with Gasteiger partial charge in [0.1, 0.15) is 19.3 Å². The topological polar surface area (TPSA) is 158 Å². The molecule has 1 aromatic rings. The van der Waals surface area contributed by atoms with E-state index in [2.05, 4.69) is 0 Å². The zero-order valence-corrected chi connectivity index (χ0v) is 20.1. The van der Waals surface area contributed by atoms with Gasteiger partial charge < -0.3 is 18.9 Å². The zero-order valence-electron chi connectivity index (χ0n) is 18.5. The van der Waals surface area contributed by atoms with E-state index in [1.54, 1.807) is 30.3 Å². The second kappa shape index (κ2) is 10.9. The van der Waals surface area contributed by atoms with E-state index >= 15 is 0 Å². The molecule has 1 saturated heterocycles. The molecule has 0 saturated carbocycles. The van der Waals surface area contributed by atoms with E-state index in [0.717, 1.165) is 26.4 Å². The predicted octanol–water partition coefficient (Wildman–Crippen LogP) is 0.114. The van der Waals surface area contributed by atoms with Crippen LogP contribution in [0.15, 0.2) is 30.3 Å². The molecule has 1 heterocycles. The first-order valence-electron chi connectivity index (χ1n) is 9.57. The SMILES string of the molecule is CC(=O)OC1OC(COS(C)(=O)=O)(COS(C)(=O)=O)C(OCc2ccccc2)C1OC(C)=O. The van der Waals surface area contributed by atoms with E-state index in [1.807, 2.05) is 0 Å². The van der Waals surface area contributed by atoms with Crippen LogP contribution in [0.1, 0.15) is 19.4 Å². The summed E-state index contributed by atoms with van der Waals surface area (Å²) >= 11 is 0. The van der Waals surface area contributed by atoms with Gasteiger partial charge in [0.15, 0.2) is 11.7 Å². The number of benzene rings is 1. The Kier molecular flexibility index (Phi) is 8.95. The largest absolute Gasteiger partial charge is 0.453 e. The van der Waals surface area contributed by atoms with Gasteiger partial charge >= 0.3 is 11.9 Å². The Bertz CT molecular complexity index is 1000. The lowest BCUT2D eigenvalue weighted by atomic mass is 9.96. The first-order valence-corrected chi connectivity index (χ1v) is 13.2. The second-order valence-corrected chi connectivity index (χ2v) is 10.7. The minimum atomic E-state index is -4.03. The summed E-state index contributed by atoms with van der Waals surface area (Å²) in [6, 6.07) is 8.76. The molecular weight excluding hydrogens is 484 g/mol. The van der Waals surface area contributed by atoms with Crippen molar-refractivity contribution in [2.75, 3.05) is 25.7 Å². The molecule has 12 nitrogen and oxygen atoms in total. The lowest BCUT2D eigenvalue weighted by Gasteiger charge is -2.33. The predicted molar refractivity (Wildman–Crippen MR) is 112 cm³/mol. The van der Waals surface area contributed by atoms with Gasteiger partial charge in [-0.15, -0.1) is 0 Å². The maximum absolute atomic E-state index is 11.8. The number of hydrogen-bond acceptors (Lipinski definition) is 12. The third-order valence-electron chi connectivity index (χ3n) is 4.33. The Morgan fingerprint density at radius 1 is 0.909 bits per heavy atom. The Balaban J connectivity index is 2.50. The Morgan fingerprint density at radius 3 is 1.88 bits per heavy atom. The zero-order chi connectivity index (χ0) is 24.9. The number of esters is 2. The summed E-state index contributed by atoms with van der Waals surface area (Å²) in [7, 11) is -8.06. The third kappa shape index (κ3) is 8.64. The Morgan fingerprint density at radius 2 is 1.42 bits per heavy atom. The molecule has 3 atom stereocenters. The Labute approximate surface area is 192 Å². The highest BCUT2D eigenvalue weighted by Crippen LogP contribution is 2.38. The third-order valence-corrected chi connectivity index (χ3v) is 5.42. The molecule has 0 aromatic heterocycles. The number of hydrogen-bond donors (Lipinski definition) is 0. The highest BCUT2D eigenvalue weighted by Gasteiger charge is 2.60. The van der Waals surface area contributed by atoms with Crippen molar-refractivity contribution in [2.24, 2.45) is 0 Å². The summed E-state index contributed by atoms with van der Waals surface area (Å²) in [5.74, 6) is -1.58. The highest BCUT2D eigenvalue weighted by atomic mass is 32.2. The normalized spacial score (nSPS) is 22.6. The fraction of sp³-hybridized carbons (Fsp3) is 0.579. The van der Waals surface area contributed by atoms with E-state index in [4.69, 9.17) is 27.3 Å². The molecule has 186 valence electrons. The maximum Gasteiger partial charge on any atom is 0.305 e. The van der Waals surface area contributed by atoms with Gasteiger partial charge in [-0.2, -0.15) is 16.8 Å². The van der Waals surface area contributed by atoms with Gasteiger partial charge in [-0.25, -0.2) is 0 Å². The van der Waals surface area contributed by atoms with Gasteiger partial charge in [-0.05, 0) is 5.56 Å². The van der Waals surface area contributed by atoms with Crippen LogP contribution in [-0.2, 0) is 63.7 Å². The average molecular weight is 511 g/mol. The molecular formula is C19H26O12S2. The average Bonchev–Trinajstić information content (AvgIpc) is 2.95. The standard InChI is InChI=1S/C19H26O12S2/c1-13(20)29-16-17(26-10-15-8-6-5-7-9-15)19(11-27-32(3,22)23,12-28-33(4,24)25)31-18(16)30-14(2)21/h5-9,16-18H,10-12H2,1-4H3. The molecule has 14 heteroatoms. The van der Waals surface area contributed by atoms with Gasteiger partial charge in [-0.1, -0.05) is 30.3 Å². The number of carbonyl (C=O) groups is 2. The molecule has 0 aliphatic carbocycles. The summed E-state index contributed by atoms with van der Waals surface area (Å²) in [6.07, 6.45) is -2.74. The van der Waals surface area contributed by atoms with Crippen LogP contribution >= 0.6 is 0 Å². The fourth-order valence-corrected chi connectivity index (χ4v) is 3.89. The van der Waals surface area contributed by atoms with E-state index in [1.165, 1.54) is 0 Å². The van der Waals surface area contributed by atoms with Crippen molar-refractivity contribution >= 4 is 32.2 Å². The van der Waals surface area contributed by atoms with Crippen molar-refractivity contribution in [2.45, 2.75) is 44.6 Å². The van der Waals surface area contributed by atoms with Gasteiger partial charge in [0.05, 0.1) is 19.1 Å². The van der Waals surface area contributed by atoms with Gasteiger partial charge in [0.25, 0.3) is 20.2 Å². The first-order chi connectivity index (χ1) is 15.2. The monoisotopic (exact) mass is 510 g/mol. The lowest BCUT2D eigenvalue weighted by Crippen LogP contribution is -2.53. The molecule has 0 N–H and O–H groups in total. The number of rotatable bonds is 11. The van der Waals surface area contributed by atoms with Gasteiger partial charge in [-0.3, -0.25) is 18.0 Å². The van der Waals surface area contributed by atoms with Crippen LogP contribution in [0.4, 0.5) is 0 Å². The van der Waals surface area contributed by atoms with Crippen molar-refractivity contribution in [1.29, 1.82) is 0 Å². The van der Waals surface area contributed by atoms with Crippen LogP contribution in [0.25, 0.3) is 0 Å². The van der Waals surface area contributed by atoms with Crippen LogP contribution in [0.5, 0.6) is 0 Å². The van der Waals surface area contributed by atoms with Crippen LogP contribution in [0, 0.1) is 0 Å². The van der Waals surface area contributed by atoms with Crippen molar-refractivity contribution < 1.29 is 53.7 Å². The number of ether oxygens (including phenoxy) is 4. The van der Waals surface area contributed by atoms with Crippen LogP contribution < -0.4 is 0 Å². The van der Waals surface area contributed by atoms with E-state index in [9.17, 15) is 26.4 Å². The molecule has 1 aliphatic heterocycles. The van der Waals surface area contributed by atoms with Crippen LogP contribution in [0.3, 0.4) is 0 Å². The Hall–Kier alpha value is -2.10. The molecule has 0 bridgehead atoms. The maximum atomic E-state index is 11.8. The summed E-state index contributed by atoms with van der Waals surface area (Å²) in [6.45, 7) is 0.540. The molecule has 0 spiro atoms. The summed E-state index contributed by atoms with van der Waals surface area (Å²) in [4.78, 5) is 23.4. The fourth-order valence-electron chi connectivity index (χ4n) is 3.07. The molecule has 3 unspecified atom stereocenters. The van der Waals surface area contributed by atoms with E-state index < -0.39 is 69.5 Å². The van der Waals surface area contributed by atoms with Crippen molar-refractivity contribution in [3.05, 3.63) is 35.9 Å². The van der Waals surface area contributed by atoms with Crippen molar-refractivity contribution in [3.63, 3.8) is 0 Å². The summed E-state index contributed by atoms with van der Waals surface area (Å²) in [5.41, 5.74) is -1.27. The van der Waals surface area contributed by atoms with Crippen molar-refractivity contribution in [3.8, 4) is 0 Å². The summed E-state index contributed by atoms with van der Waals surface area (Å²) in [5, 5.41) is 0. The molecule has 0 radical (unpaired) electrons. The van der Waals surface area contributed by atoms with Crippen LogP contribution in [0.2, 0.25) is 0 Å². The second-order valence-electron chi connectivity index (χ2n) is 7.38. The first kappa shape index (κ1) is 27.1. The van der Waals surface area contributed by atoms with Crippen LogP contribution in [-0.4, -0.2) is 78.6 Å². The highest BCUT2D eigenvalue weighted by molar-refractivity contribution is 7.86. The smallest absolute Gasteiger partial charge is 0.305 e. The minimum Gasteiger partial charge on any atom is -0.453 e. The minimum absolute atomic E-state index is 0.0705. The molecule has 33 heavy (non-hydrogen) atoms. The molecule has 2 rings (SSSR count). The molecule has 1 fully saturated rings. The van der Waals surface area contributed by atoms with Crippen molar-refractivity contribution in [1.82, 2.24) is 0 Å². The molecule has 1 aromatic carbocycles. The molecule has 0 amide bonds. The number of carbonyl (C=O) groups excluding carboxylic acids is 2. The lowest BCUT2D eigenvalue weighted by molar-refractivity contribution is -0.211. The summed E-state index contributed by atoms with van der Waals surface area (Å²) < 4.78 is 78.5.